The SMILES string of the molecule is Cc1cccc(NC(=O)COc2cccc(/C=N/NC(=O)c3ccc(Cl)cc3)c2)c1C. The van der Waals surface area contributed by atoms with E-state index < -0.39 is 0 Å². The molecule has 0 radical (unpaired) electrons. The molecule has 0 fully saturated rings. The zero-order chi connectivity index (χ0) is 22.2. The summed E-state index contributed by atoms with van der Waals surface area (Å²) >= 11 is 5.82. The van der Waals surface area contributed by atoms with E-state index in [-0.39, 0.29) is 18.4 Å². The third-order valence-corrected chi connectivity index (χ3v) is 4.84. The maximum Gasteiger partial charge on any atom is 0.271 e. The average Bonchev–Trinajstić information content (AvgIpc) is 2.76. The molecular weight excluding hydrogens is 414 g/mol. The van der Waals surface area contributed by atoms with Crippen molar-refractivity contribution in [2.24, 2.45) is 5.10 Å². The van der Waals surface area contributed by atoms with Gasteiger partial charge in [-0.1, -0.05) is 35.9 Å². The van der Waals surface area contributed by atoms with Gasteiger partial charge in [-0.15, -0.1) is 0 Å². The number of hydrogen-bond acceptors (Lipinski definition) is 4. The first-order valence-electron chi connectivity index (χ1n) is 9.60. The Labute approximate surface area is 185 Å². The fourth-order valence-electron chi connectivity index (χ4n) is 2.74. The first kappa shape index (κ1) is 22.1. The number of hydrazone groups is 1. The predicted molar refractivity (Wildman–Crippen MR) is 123 cm³/mol. The Hall–Kier alpha value is -3.64. The van der Waals surface area contributed by atoms with Gasteiger partial charge in [0.05, 0.1) is 6.21 Å². The van der Waals surface area contributed by atoms with E-state index in [1.165, 1.54) is 6.21 Å². The highest BCUT2D eigenvalue weighted by atomic mass is 35.5. The van der Waals surface area contributed by atoms with Gasteiger partial charge in [-0.2, -0.15) is 5.10 Å². The van der Waals surface area contributed by atoms with Crippen LogP contribution < -0.4 is 15.5 Å². The first-order valence-corrected chi connectivity index (χ1v) is 9.98. The molecule has 3 rings (SSSR count). The summed E-state index contributed by atoms with van der Waals surface area (Å²) in [6.07, 6.45) is 1.50. The Kier molecular flexibility index (Phi) is 7.40. The molecule has 31 heavy (non-hydrogen) atoms. The van der Waals surface area contributed by atoms with E-state index >= 15 is 0 Å². The number of hydrogen-bond donors (Lipinski definition) is 2. The van der Waals surface area contributed by atoms with Gasteiger partial charge in [-0.05, 0) is 73.0 Å². The van der Waals surface area contributed by atoms with Gasteiger partial charge in [0, 0.05) is 16.3 Å². The lowest BCUT2D eigenvalue weighted by atomic mass is 10.1. The third kappa shape index (κ3) is 6.42. The number of amides is 2. The monoisotopic (exact) mass is 435 g/mol. The van der Waals surface area contributed by atoms with Gasteiger partial charge in [0.25, 0.3) is 11.8 Å². The standard InChI is InChI=1S/C24H22ClN3O3/c1-16-5-3-8-22(17(16)2)27-23(29)15-31-21-7-4-6-18(13-21)14-26-28-24(30)19-9-11-20(25)12-10-19/h3-14H,15H2,1-2H3,(H,27,29)(H,28,30)/b26-14+. The Bertz CT molecular complexity index is 1110. The van der Waals surface area contributed by atoms with E-state index in [2.05, 4.69) is 15.8 Å². The third-order valence-electron chi connectivity index (χ3n) is 4.59. The van der Waals surface area contributed by atoms with E-state index in [1.54, 1.807) is 48.5 Å². The van der Waals surface area contributed by atoms with E-state index in [4.69, 9.17) is 16.3 Å². The maximum absolute atomic E-state index is 12.2. The normalized spacial score (nSPS) is 10.7. The summed E-state index contributed by atoms with van der Waals surface area (Å²) in [6.45, 7) is 3.83. The first-order chi connectivity index (χ1) is 14.9. The Balaban J connectivity index is 1.53. The quantitative estimate of drug-likeness (QED) is 0.415. The molecule has 0 heterocycles. The molecule has 158 valence electrons. The van der Waals surface area contributed by atoms with Crippen LogP contribution in [0, 0.1) is 13.8 Å². The van der Waals surface area contributed by atoms with Gasteiger partial charge in [-0.25, -0.2) is 5.43 Å². The average molecular weight is 436 g/mol. The van der Waals surface area contributed by atoms with E-state index in [0.717, 1.165) is 16.8 Å². The number of rotatable bonds is 7. The molecule has 6 nitrogen and oxygen atoms in total. The zero-order valence-corrected chi connectivity index (χ0v) is 17.9. The van der Waals surface area contributed by atoms with E-state index in [9.17, 15) is 9.59 Å². The van der Waals surface area contributed by atoms with Gasteiger partial charge in [0.2, 0.25) is 0 Å². The Morgan fingerprint density at radius 3 is 2.55 bits per heavy atom. The predicted octanol–water partition coefficient (Wildman–Crippen LogP) is 4.74. The van der Waals surface area contributed by atoms with Crippen LogP contribution >= 0.6 is 11.6 Å². The number of carbonyl (C=O) groups excluding carboxylic acids is 2. The van der Waals surface area contributed by atoms with Crippen LogP contribution in [0.2, 0.25) is 5.02 Å². The largest absolute Gasteiger partial charge is 0.484 e. The lowest BCUT2D eigenvalue weighted by Gasteiger charge is -2.11. The van der Waals surface area contributed by atoms with Crippen LogP contribution in [0.25, 0.3) is 0 Å². The maximum atomic E-state index is 12.2. The van der Waals surface area contributed by atoms with Crippen LogP contribution in [0.4, 0.5) is 5.69 Å². The molecule has 0 aromatic heterocycles. The van der Waals surface area contributed by atoms with Crippen molar-refractivity contribution in [2.45, 2.75) is 13.8 Å². The van der Waals surface area contributed by atoms with Crippen molar-refractivity contribution in [2.75, 3.05) is 11.9 Å². The number of aryl methyl sites for hydroxylation is 1. The molecule has 2 amide bonds. The van der Waals surface area contributed by atoms with E-state index in [1.807, 2.05) is 32.0 Å². The molecule has 0 spiro atoms. The minimum Gasteiger partial charge on any atom is -0.484 e. The number of benzene rings is 3. The molecule has 0 unspecified atom stereocenters. The molecule has 0 bridgehead atoms. The molecule has 0 saturated carbocycles. The van der Waals surface area contributed by atoms with Crippen molar-refractivity contribution < 1.29 is 14.3 Å². The summed E-state index contributed by atoms with van der Waals surface area (Å²) in [5.41, 5.74) is 6.52. The van der Waals surface area contributed by atoms with Crippen LogP contribution in [0.5, 0.6) is 5.75 Å². The molecule has 0 aliphatic heterocycles. The highest BCUT2D eigenvalue weighted by molar-refractivity contribution is 6.30. The summed E-state index contributed by atoms with van der Waals surface area (Å²) < 4.78 is 5.59. The minimum absolute atomic E-state index is 0.124. The van der Waals surface area contributed by atoms with Crippen molar-refractivity contribution in [1.29, 1.82) is 0 Å². The van der Waals surface area contributed by atoms with Crippen LogP contribution in [0.15, 0.2) is 71.8 Å². The molecule has 0 aliphatic rings. The van der Waals surface area contributed by atoms with E-state index in [0.29, 0.717) is 21.9 Å². The number of halogens is 1. The summed E-state index contributed by atoms with van der Waals surface area (Å²) in [7, 11) is 0. The van der Waals surface area contributed by atoms with Crippen molar-refractivity contribution >= 4 is 35.3 Å². The zero-order valence-electron chi connectivity index (χ0n) is 17.2. The highest BCUT2D eigenvalue weighted by Crippen LogP contribution is 2.18. The number of anilines is 1. The van der Waals surface area contributed by atoms with Crippen molar-refractivity contribution in [1.82, 2.24) is 5.43 Å². The van der Waals surface area contributed by atoms with Crippen molar-refractivity contribution in [3.05, 3.63) is 94.0 Å². The number of nitrogens with zero attached hydrogens (tertiary/aromatic N) is 1. The fraction of sp³-hybridized carbons (Fsp3) is 0.125. The smallest absolute Gasteiger partial charge is 0.271 e. The molecule has 2 N–H and O–H groups in total. The van der Waals surface area contributed by atoms with Gasteiger partial charge in [-0.3, -0.25) is 9.59 Å². The molecular formula is C24H22ClN3O3. The molecule has 7 heteroatoms. The highest BCUT2D eigenvalue weighted by Gasteiger charge is 2.07. The molecule has 3 aromatic carbocycles. The molecule has 0 atom stereocenters. The molecule has 0 saturated heterocycles. The lowest BCUT2D eigenvalue weighted by molar-refractivity contribution is -0.118. The second-order valence-electron chi connectivity index (χ2n) is 6.86. The van der Waals surface area contributed by atoms with Crippen LogP contribution in [0.3, 0.4) is 0 Å². The minimum atomic E-state index is -0.344. The molecule has 3 aromatic rings. The van der Waals surface area contributed by atoms with Crippen LogP contribution in [-0.4, -0.2) is 24.6 Å². The lowest BCUT2D eigenvalue weighted by Crippen LogP contribution is -2.20. The van der Waals surface area contributed by atoms with Gasteiger partial charge in [0.1, 0.15) is 5.75 Å². The number of ether oxygens (including phenoxy) is 1. The topological polar surface area (TPSA) is 79.8 Å². The van der Waals surface area contributed by atoms with Crippen LogP contribution in [-0.2, 0) is 4.79 Å². The van der Waals surface area contributed by atoms with Crippen LogP contribution in [0.1, 0.15) is 27.0 Å². The van der Waals surface area contributed by atoms with Gasteiger partial charge < -0.3 is 10.1 Å². The van der Waals surface area contributed by atoms with Crippen molar-refractivity contribution in [3.63, 3.8) is 0 Å². The molecule has 0 aliphatic carbocycles. The van der Waals surface area contributed by atoms with Gasteiger partial charge >= 0.3 is 0 Å². The summed E-state index contributed by atoms with van der Waals surface area (Å²) in [5, 5.41) is 7.37. The number of nitrogens with one attached hydrogen (secondary N) is 2. The second kappa shape index (κ2) is 10.4. The summed E-state index contributed by atoms with van der Waals surface area (Å²) in [4.78, 5) is 24.3. The second-order valence-corrected chi connectivity index (χ2v) is 7.30. The van der Waals surface area contributed by atoms with Crippen molar-refractivity contribution in [3.8, 4) is 5.75 Å². The summed E-state index contributed by atoms with van der Waals surface area (Å²) in [5.74, 6) is -0.0736. The number of carbonyl (C=O) groups is 2. The Morgan fingerprint density at radius 2 is 1.77 bits per heavy atom. The van der Waals surface area contributed by atoms with Gasteiger partial charge in [0.15, 0.2) is 6.61 Å². The Morgan fingerprint density at radius 1 is 1.03 bits per heavy atom. The fourth-order valence-corrected chi connectivity index (χ4v) is 2.86. The summed E-state index contributed by atoms with van der Waals surface area (Å²) in [6, 6.07) is 19.3.